The molecule has 0 saturated carbocycles. The molecule has 0 spiro atoms. The molecule has 0 aliphatic carbocycles. The lowest BCUT2D eigenvalue weighted by Crippen LogP contribution is -2.37. The summed E-state index contributed by atoms with van der Waals surface area (Å²) in [6, 6.07) is 17.1. The molecule has 4 rings (SSSR count). The van der Waals surface area contributed by atoms with Crippen LogP contribution in [-0.4, -0.2) is 57.2 Å². The third-order valence-corrected chi connectivity index (χ3v) is 6.30. The molecule has 196 valence electrons. The van der Waals surface area contributed by atoms with Crippen LogP contribution < -0.4 is 20.1 Å². The van der Waals surface area contributed by atoms with Crippen molar-refractivity contribution in [1.82, 2.24) is 4.90 Å². The number of benzene rings is 3. The van der Waals surface area contributed by atoms with Gasteiger partial charge in [-0.05, 0) is 60.5 Å². The minimum absolute atomic E-state index is 0.199. The Balaban J connectivity index is 1.34. The van der Waals surface area contributed by atoms with Gasteiger partial charge < -0.3 is 24.8 Å². The number of amidine groups is 1. The lowest BCUT2D eigenvalue weighted by Gasteiger charge is -2.26. The molecule has 0 bridgehead atoms. The zero-order valence-corrected chi connectivity index (χ0v) is 21.6. The maximum absolute atomic E-state index is 13.4. The molecule has 0 aromatic heterocycles. The van der Waals surface area contributed by atoms with E-state index < -0.39 is 0 Å². The molecule has 1 fully saturated rings. The molecule has 0 unspecified atom stereocenters. The van der Waals surface area contributed by atoms with E-state index in [1.807, 2.05) is 25.2 Å². The number of nitrogens with one attached hydrogen (secondary N) is 3. The maximum atomic E-state index is 13.4. The highest BCUT2D eigenvalue weighted by Crippen LogP contribution is 2.30. The summed E-state index contributed by atoms with van der Waals surface area (Å²) >= 11 is 6.41. The Hall–Kier alpha value is -3.33. The highest BCUT2D eigenvalue weighted by molar-refractivity contribution is 6.32. The Morgan fingerprint density at radius 1 is 1.08 bits per heavy atom. The number of rotatable bonds is 11. The van der Waals surface area contributed by atoms with E-state index in [1.165, 1.54) is 12.1 Å². The van der Waals surface area contributed by atoms with Gasteiger partial charge in [0.1, 0.15) is 29.8 Å². The lowest BCUT2D eigenvalue weighted by molar-refractivity contribution is 0.0358. The van der Waals surface area contributed by atoms with Crippen LogP contribution in [0.1, 0.15) is 17.5 Å². The Bertz CT molecular complexity index is 1200. The standard InChI is InChI=1S/C28H32ClFN4O3/c1-32-26-8-7-23(36-13-3-10-34-11-14-35-15-12-34)18-24(26)28(31)33-22-6-9-27(25(29)17-22)37-19-20-4-2-5-21(30)16-20/h2,4-9,16-18,32H,3,10-15,19H2,1H3,(H2,31,33). The fourth-order valence-corrected chi connectivity index (χ4v) is 4.27. The van der Waals surface area contributed by atoms with Crippen LogP contribution in [0.3, 0.4) is 0 Å². The van der Waals surface area contributed by atoms with Gasteiger partial charge in [0, 0.05) is 43.6 Å². The fourth-order valence-electron chi connectivity index (χ4n) is 4.04. The second-order valence-electron chi connectivity index (χ2n) is 8.68. The molecule has 37 heavy (non-hydrogen) atoms. The largest absolute Gasteiger partial charge is 0.494 e. The van der Waals surface area contributed by atoms with Crippen molar-refractivity contribution >= 4 is 28.8 Å². The van der Waals surface area contributed by atoms with E-state index in [9.17, 15) is 4.39 Å². The summed E-state index contributed by atoms with van der Waals surface area (Å²) in [7, 11) is 1.82. The Morgan fingerprint density at radius 3 is 2.68 bits per heavy atom. The van der Waals surface area contributed by atoms with Crippen LogP contribution in [0.25, 0.3) is 0 Å². The molecular formula is C28H32ClFN4O3. The van der Waals surface area contributed by atoms with Crippen molar-refractivity contribution in [2.24, 2.45) is 0 Å². The summed E-state index contributed by atoms with van der Waals surface area (Å²) in [5.41, 5.74) is 2.84. The van der Waals surface area contributed by atoms with Gasteiger partial charge in [0.2, 0.25) is 0 Å². The van der Waals surface area contributed by atoms with Gasteiger partial charge in [-0.15, -0.1) is 0 Å². The Morgan fingerprint density at radius 2 is 1.92 bits per heavy atom. The molecule has 9 heteroatoms. The molecule has 0 radical (unpaired) electrons. The number of nitrogens with zero attached hydrogens (tertiary/aromatic N) is 1. The van der Waals surface area contributed by atoms with Crippen LogP contribution in [-0.2, 0) is 11.3 Å². The van der Waals surface area contributed by atoms with E-state index in [1.54, 1.807) is 30.3 Å². The molecule has 3 N–H and O–H groups in total. The van der Waals surface area contributed by atoms with Gasteiger partial charge in [-0.2, -0.15) is 0 Å². The lowest BCUT2D eigenvalue weighted by atomic mass is 10.1. The number of morpholine rings is 1. The van der Waals surface area contributed by atoms with E-state index in [2.05, 4.69) is 15.5 Å². The molecule has 3 aromatic carbocycles. The van der Waals surface area contributed by atoms with Gasteiger partial charge in [0.05, 0.1) is 24.8 Å². The van der Waals surface area contributed by atoms with Crippen LogP contribution in [0.4, 0.5) is 15.8 Å². The summed E-state index contributed by atoms with van der Waals surface area (Å²) in [5.74, 6) is 1.08. The summed E-state index contributed by atoms with van der Waals surface area (Å²) in [6.45, 7) is 5.29. The Labute approximate surface area is 222 Å². The predicted octanol–water partition coefficient (Wildman–Crippen LogP) is 5.64. The minimum atomic E-state index is -0.311. The van der Waals surface area contributed by atoms with Crippen LogP contribution in [0.5, 0.6) is 11.5 Å². The van der Waals surface area contributed by atoms with Crippen molar-refractivity contribution < 1.29 is 18.6 Å². The molecule has 1 aliphatic rings. The van der Waals surface area contributed by atoms with Crippen molar-refractivity contribution in [3.05, 3.63) is 82.6 Å². The second kappa shape index (κ2) is 13.3. The SMILES string of the molecule is CNc1ccc(OCCCN2CCOCC2)cc1C(=N)Nc1ccc(OCc2cccc(F)c2)c(Cl)c1. The smallest absolute Gasteiger partial charge is 0.138 e. The predicted molar refractivity (Wildman–Crippen MR) is 146 cm³/mol. The average molecular weight is 527 g/mol. The van der Waals surface area contributed by atoms with Gasteiger partial charge in [0.15, 0.2) is 0 Å². The summed E-state index contributed by atoms with van der Waals surface area (Å²) < 4.78 is 30.5. The molecular weight excluding hydrogens is 495 g/mol. The molecule has 0 atom stereocenters. The number of hydrogen-bond acceptors (Lipinski definition) is 6. The maximum Gasteiger partial charge on any atom is 0.138 e. The summed E-state index contributed by atoms with van der Waals surface area (Å²) in [4.78, 5) is 2.38. The number of hydrogen-bond donors (Lipinski definition) is 3. The van der Waals surface area contributed by atoms with Gasteiger partial charge in [-0.3, -0.25) is 10.3 Å². The molecule has 3 aromatic rings. The van der Waals surface area contributed by atoms with Crippen LogP contribution in [0.15, 0.2) is 60.7 Å². The van der Waals surface area contributed by atoms with E-state index in [-0.39, 0.29) is 18.3 Å². The molecule has 1 heterocycles. The number of ether oxygens (including phenoxy) is 3. The van der Waals surface area contributed by atoms with Crippen molar-refractivity contribution in [2.75, 3.05) is 57.1 Å². The second-order valence-corrected chi connectivity index (χ2v) is 9.08. The first-order valence-corrected chi connectivity index (χ1v) is 12.7. The first-order chi connectivity index (χ1) is 18.0. The first-order valence-electron chi connectivity index (χ1n) is 12.3. The molecule has 1 saturated heterocycles. The third kappa shape index (κ3) is 7.82. The summed E-state index contributed by atoms with van der Waals surface area (Å²) in [6.07, 6.45) is 0.922. The number of anilines is 2. The van der Waals surface area contributed by atoms with Gasteiger partial charge in [-0.25, -0.2) is 4.39 Å². The van der Waals surface area contributed by atoms with Crippen LogP contribution in [0, 0.1) is 11.2 Å². The van der Waals surface area contributed by atoms with Crippen LogP contribution in [0.2, 0.25) is 5.02 Å². The average Bonchev–Trinajstić information content (AvgIpc) is 2.91. The van der Waals surface area contributed by atoms with Crippen molar-refractivity contribution in [3.63, 3.8) is 0 Å². The zero-order chi connectivity index (χ0) is 26.0. The third-order valence-electron chi connectivity index (χ3n) is 6.01. The van der Waals surface area contributed by atoms with Crippen molar-refractivity contribution in [1.29, 1.82) is 5.41 Å². The normalized spacial score (nSPS) is 13.7. The van der Waals surface area contributed by atoms with Crippen molar-refractivity contribution in [3.8, 4) is 11.5 Å². The molecule has 1 aliphatic heterocycles. The van der Waals surface area contributed by atoms with Crippen molar-refractivity contribution in [2.45, 2.75) is 13.0 Å². The summed E-state index contributed by atoms with van der Waals surface area (Å²) in [5, 5.41) is 15.3. The minimum Gasteiger partial charge on any atom is -0.494 e. The van der Waals surface area contributed by atoms with Gasteiger partial charge in [0.25, 0.3) is 0 Å². The first kappa shape index (κ1) is 26.7. The quantitative estimate of drug-likeness (QED) is 0.170. The van der Waals surface area contributed by atoms with Gasteiger partial charge >= 0.3 is 0 Å². The molecule has 7 nitrogen and oxygen atoms in total. The monoisotopic (exact) mass is 526 g/mol. The van der Waals surface area contributed by atoms with Crippen LogP contribution >= 0.6 is 11.6 Å². The molecule has 0 amide bonds. The Kier molecular flexibility index (Phi) is 9.59. The van der Waals surface area contributed by atoms with E-state index >= 15 is 0 Å². The van der Waals surface area contributed by atoms with Gasteiger partial charge in [-0.1, -0.05) is 23.7 Å². The zero-order valence-electron chi connectivity index (χ0n) is 20.9. The number of halogens is 2. The highest BCUT2D eigenvalue weighted by Gasteiger charge is 2.13. The van der Waals surface area contributed by atoms with E-state index in [0.29, 0.717) is 39.9 Å². The van der Waals surface area contributed by atoms with E-state index in [0.717, 1.165) is 45.0 Å². The highest BCUT2D eigenvalue weighted by atomic mass is 35.5. The topological polar surface area (TPSA) is 78.8 Å². The fraction of sp³-hybridized carbons (Fsp3) is 0.321. The van der Waals surface area contributed by atoms with E-state index in [4.69, 9.17) is 31.2 Å².